The van der Waals surface area contributed by atoms with E-state index in [1.165, 1.54) is 6.07 Å². The molecule has 7 heteroatoms. The maximum Gasteiger partial charge on any atom is 0.387 e. The summed E-state index contributed by atoms with van der Waals surface area (Å²) in [6.45, 7) is -0.342. The van der Waals surface area contributed by atoms with Gasteiger partial charge in [-0.25, -0.2) is 0 Å². The van der Waals surface area contributed by atoms with E-state index in [1.54, 1.807) is 23.0 Å². The van der Waals surface area contributed by atoms with Gasteiger partial charge >= 0.3 is 6.61 Å². The molecule has 1 aromatic carbocycles. The lowest BCUT2D eigenvalue weighted by Gasteiger charge is -2.10. The number of anilines is 1. The van der Waals surface area contributed by atoms with E-state index in [0.717, 1.165) is 16.9 Å². The standard InChI is InChI=1S/C13H14ClF2N3O/c1-8-9(7-18-19(8)2)6-17-10-3-4-12(11(14)5-10)20-13(15)16/h3-5,7,13,17H,6H2,1-2H3. The molecule has 0 aliphatic carbocycles. The number of hydrogen-bond donors (Lipinski definition) is 1. The number of alkyl halides is 2. The van der Waals surface area contributed by atoms with Crippen LogP contribution in [0.25, 0.3) is 0 Å². The normalized spacial score (nSPS) is 10.9. The summed E-state index contributed by atoms with van der Waals surface area (Å²) in [4.78, 5) is 0. The van der Waals surface area contributed by atoms with Crippen LogP contribution in [-0.2, 0) is 13.6 Å². The number of benzene rings is 1. The monoisotopic (exact) mass is 301 g/mol. The Morgan fingerprint density at radius 2 is 2.20 bits per heavy atom. The van der Waals surface area contributed by atoms with Crippen LogP contribution in [-0.4, -0.2) is 16.4 Å². The Morgan fingerprint density at radius 3 is 2.75 bits per heavy atom. The van der Waals surface area contributed by atoms with E-state index in [9.17, 15) is 8.78 Å². The summed E-state index contributed by atoms with van der Waals surface area (Å²) in [7, 11) is 1.87. The third-order valence-electron chi connectivity index (χ3n) is 2.97. The highest BCUT2D eigenvalue weighted by Gasteiger charge is 2.09. The second kappa shape index (κ2) is 6.09. The highest BCUT2D eigenvalue weighted by Crippen LogP contribution is 2.29. The van der Waals surface area contributed by atoms with Crippen molar-refractivity contribution in [2.75, 3.05) is 5.32 Å². The number of nitrogens with zero attached hydrogens (tertiary/aromatic N) is 2. The van der Waals surface area contributed by atoms with Crippen LogP contribution < -0.4 is 10.1 Å². The first-order chi connectivity index (χ1) is 9.47. The van der Waals surface area contributed by atoms with Gasteiger partial charge in [-0.3, -0.25) is 4.68 Å². The largest absolute Gasteiger partial charge is 0.433 e. The van der Waals surface area contributed by atoms with Crippen LogP contribution in [0, 0.1) is 6.92 Å². The predicted octanol–water partition coefficient (Wildman–Crippen LogP) is 3.60. The SMILES string of the molecule is Cc1c(CNc2ccc(OC(F)F)c(Cl)c2)cnn1C. The lowest BCUT2D eigenvalue weighted by Crippen LogP contribution is -2.04. The van der Waals surface area contributed by atoms with Gasteiger partial charge in [-0.05, 0) is 25.1 Å². The van der Waals surface area contributed by atoms with Crippen LogP contribution in [0.2, 0.25) is 5.02 Å². The van der Waals surface area contributed by atoms with Crippen LogP contribution in [0.15, 0.2) is 24.4 Å². The number of ether oxygens (including phenoxy) is 1. The molecule has 2 rings (SSSR count). The number of rotatable bonds is 5. The van der Waals surface area contributed by atoms with Crippen molar-refractivity contribution in [1.29, 1.82) is 0 Å². The van der Waals surface area contributed by atoms with Gasteiger partial charge in [0, 0.05) is 30.5 Å². The first-order valence-electron chi connectivity index (χ1n) is 5.93. The van der Waals surface area contributed by atoms with Crippen LogP contribution in [0.1, 0.15) is 11.3 Å². The summed E-state index contributed by atoms with van der Waals surface area (Å²) < 4.78 is 30.3. The molecule has 1 heterocycles. The molecular weight excluding hydrogens is 288 g/mol. The molecule has 1 aromatic heterocycles. The minimum atomic E-state index is -2.88. The van der Waals surface area contributed by atoms with Crippen molar-refractivity contribution in [2.45, 2.75) is 20.1 Å². The molecule has 0 saturated carbocycles. The summed E-state index contributed by atoms with van der Waals surface area (Å²) in [6.07, 6.45) is 1.78. The van der Waals surface area contributed by atoms with Crippen molar-refractivity contribution in [3.63, 3.8) is 0 Å². The molecule has 0 bridgehead atoms. The van der Waals surface area contributed by atoms with E-state index in [-0.39, 0.29) is 10.8 Å². The minimum absolute atomic E-state index is 0.0372. The van der Waals surface area contributed by atoms with Gasteiger partial charge in [0.05, 0.1) is 11.2 Å². The first-order valence-corrected chi connectivity index (χ1v) is 6.31. The Kier molecular flexibility index (Phi) is 4.44. The van der Waals surface area contributed by atoms with E-state index in [0.29, 0.717) is 6.54 Å². The molecule has 0 aliphatic rings. The topological polar surface area (TPSA) is 39.1 Å². The van der Waals surface area contributed by atoms with Gasteiger partial charge in [-0.15, -0.1) is 0 Å². The fourth-order valence-corrected chi connectivity index (χ4v) is 1.94. The first kappa shape index (κ1) is 14.6. The van der Waals surface area contributed by atoms with Crippen molar-refractivity contribution in [3.8, 4) is 5.75 Å². The minimum Gasteiger partial charge on any atom is -0.433 e. The third kappa shape index (κ3) is 3.39. The fourth-order valence-electron chi connectivity index (χ4n) is 1.72. The number of nitrogens with one attached hydrogen (secondary N) is 1. The molecule has 0 atom stereocenters. The molecule has 0 spiro atoms. The lowest BCUT2D eigenvalue weighted by atomic mass is 10.2. The van der Waals surface area contributed by atoms with Gasteiger partial charge in [-0.1, -0.05) is 11.6 Å². The van der Waals surface area contributed by atoms with Gasteiger partial charge < -0.3 is 10.1 Å². The Labute approximate surface area is 120 Å². The number of aromatic nitrogens is 2. The molecule has 0 radical (unpaired) electrons. The molecule has 0 unspecified atom stereocenters. The number of hydrogen-bond acceptors (Lipinski definition) is 3. The third-order valence-corrected chi connectivity index (χ3v) is 3.26. The predicted molar refractivity (Wildman–Crippen MR) is 73.4 cm³/mol. The lowest BCUT2D eigenvalue weighted by molar-refractivity contribution is -0.0497. The highest BCUT2D eigenvalue weighted by atomic mass is 35.5. The van der Waals surface area contributed by atoms with Crippen molar-refractivity contribution >= 4 is 17.3 Å². The van der Waals surface area contributed by atoms with E-state index in [1.807, 2.05) is 14.0 Å². The summed E-state index contributed by atoms with van der Waals surface area (Å²) >= 11 is 5.88. The van der Waals surface area contributed by atoms with E-state index < -0.39 is 6.61 Å². The summed E-state index contributed by atoms with van der Waals surface area (Å²) in [5, 5.41) is 7.43. The van der Waals surface area contributed by atoms with Crippen molar-refractivity contribution in [2.24, 2.45) is 7.05 Å². The fraction of sp³-hybridized carbons (Fsp3) is 0.308. The molecule has 0 amide bonds. The Balaban J connectivity index is 2.03. The van der Waals surface area contributed by atoms with Crippen LogP contribution >= 0.6 is 11.6 Å². The van der Waals surface area contributed by atoms with Crippen LogP contribution in [0.3, 0.4) is 0 Å². The molecular formula is C13H14ClF2N3O. The van der Waals surface area contributed by atoms with Gasteiger partial charge in [0.25, 0.3) is 0 Å². The molecule has 108 valence electrons. The average molecular weight is 302 g/mol. The van der Waals surface area contributed by atoms with Gasteiger partial charge in [0.2, 0.25) is 0 Å². The van der Waals surface area contributed by atoms with Gasteiger partial charge in [-0.2, -0.15) is 13.9 Å². The van der Waals surface area contributed by atoms with E-state index in [2.05, 4.69) is 15.2 Å². The van der Waals surface area contributed by atoms with Crippen LogP contribution in [0.4, 0.5) is 14.5 Å². The second-order valence-electron chi connectivity index (χ2n) is 4.26. The highest BCUT2D eigenvalue weighted by molar-refractivity contribution is 6.32. The zero-order valence-corrected chi connectivity index (χ0v) is 11.8. The molecule has 20 heavy (non-hydrogen) atoms. The van der Waals surface area contributed by atoms with E-state index in [4.69, 9.17) is 11.6 Å². The quantitative estimate of drug-likeness (QED) is 0.917. The zero-order chi connectivity index (χ0) is 14.7. The van der Waals surface area contributed by atoms with Gasteiger partial charge in [0.1, 0.15) is 5.75 Å². The Bertz CT molecular complexity index is 601. The number of aryl methyl sites for hydroxylation is 1. The Morgan fingerprint density at radius 1 is 1.45 bits per heavy atom. The van der Waals surface area contributed by atoms with Crippen LogP contribution in [0.5, 0.6) is 5.75 Å². The Hall–Kier alpha value is -1.82. The maximum atomic E-state index is 12.1. The van der Waals surface area contributed by atoms with Crippen molar-refractivity contribution in [1.82, 2.24) is 9.78 Å². The summed E-state index contributed by atoms with van der Waals surface area (Å²) in [5.41, 5.74) is 2.83. The average Bonchev–Trinajstić information content (AvgIpc) is 2.70. The summed E-state index contributed by atoms with van der Waals surface area (Å²) in [6, 6.07) is 4.59. The van der Waals surface area contributed by atoms with E-state index >= 15 is 0 Å². The molecule has 4 nitrogen and oxygen atoms in total. The smallest absolute Gasteiger partial charge is 0.387 e. The molecule has 0 aliphatic heterocycles. The van der Waals surface area contributed by atoms with Gasteiger partial charge in [0.15, 0.2) is 0 Å². The van der Waals surface area contributed by atoms with Crippen molar-refractivity contribution in [3.05, 3.63) is 40.7 Å². The number of halogens is 3. The summed E-state index contributed by atoms with van der Waals surface area (Å²) in [5.74, 6) is -0.0372. The molecule has 1 N–H and O–H groups in total. The zero-order valence-electron chi connectivity index (χ0n) is 11.0. The molecule has 2 aromatic rings. The van der Waals surface area contributed by atoms with Crippen molar-refractivity contribution < 1.29 is 13.5 Å². The maximum absolute atomic E-state index is 12.1. The molecule has 0 saturated heterocycles. The molecule has 0 fully saturated rings. The second-order valence-corrected chi connectivity index (χ2v) is 4.66.